The van der Waals surface area contributed by atoms with E-state index >= 15 is 0 Å². The molecule has 0 spiro atoms. The van der Waals surface area contributed by atoms with Crippen molar-refractivity contribution in [2.75, 3.05) is 13.6 Å². The van der Waals surface area contributed by atoms with Crippen LogP contribution in [0.4, 0.5) is 0 Å². The number of hydrogen-bond donors (Lipinski definition) is 3. The molecule has 23 heavy (non-hydrogen) atoms. The normalized spacial score (nSPS) is 12.4. The summed E-state index contributed by atoms with van der Waals surface area (Å²) in [6, 6.07) is 12.8. The Balaban J connectivity index is 1.97. The second kappa shape index (κ2) is 6.89. The molecule has 4 nitrogen and oxygen atoms in total. The number of nitrogens with one attached hydrogen (secondary N) is 1. The minimum Gasteiger partial charge on any atom is -0.504 e. The second-order valence-corrected chi connectivity index (χ2v) is 6.28. The predicted octanol–water partition coefficient (Wildman–Crippen LogP) is 4.04. The first-order valence-electron chi connectivity index (χ1n) is 7.49. The Labute approximate surface area is 139 Å². The van der Waals surface area contributed by atoms with Gasteiger partial charge in [0.2, 0.25) is 0 Å². The molecule has 0 saturated heterocycles. The van der Waals surface area contributed by atoms with Crippen molar-refractivity contribution in [3.05, 3.63) is 52.7 Å². The van der Waals surface area contributed by atoms with E-state index in [-0.39, 0.29) is 17.6 Å². The highest BCUT2D eigenvalue weighted by molar-refractivity contribution is 7.10. The molecule has 3 rings (SSSR count). The van der Waals surface area contributed by atoms with E-state index in [9.17, 15) is 10.2 Å². The van der Waals surface area contributed by atoms with Crippen LogP contribution in [0.5, 0.6) is 17.2 Å². The summed E-state index contributed by atoms with van der Waals surface area (Å²) in [6.45, 7) is 0.847. The molecule has 1 heterocycles. The molecule has 0 bridgehead atoms. The highest BCUT2D eigenvalue weighted by Gasteiger charge is 2.16. The summed E-state index contributed by atoms with van der Waals surface area (Å²) < 4.78 is 6.25. The van der Waals surface area contributed by atoms with Crippen LogP contribution in [0.1, 0.15) is 17.4 Å². The fraction of sp³-hybridized carbons (Fsp3) is 0.222. The van der Waals surface area contributed by atoms with Gasteiger partial charge in [-0.15, -0.1) is 11.3 Å². The standard InChI is InChI=1S/C18H19NO3S/c1-19-10-9-16(17-6-3-11-23-17)22-15-5-2-4-13-12(15)7-8-14(20)18(13)21/h2-8,11,16,19-21H,9-10H2,1H3/t16-/m0/s1. The Morgan fingerprint density at radius 3 is 2.70 bits per heavy atom. The molecule has 2 aromatic carbocycles. The summed E-state index contributed by atoms with van der Waals surface area (Å²) in [5.74, 6) is 0.461. The van der Waals surface area contributed by atoms with Gasteiger partial charge in [-0.1, -0.05) is 18.2 Å². The minimum absolute atomic E-state index is 0.0519. The van der Waals surface area contributed by atoms with Crippen LogP contribution in [0, 0.1) is 0 Å². The zero-order valence-electron chi connectivity index (χ0n) is 12.8. The quantitative estimate of drug-likeness (QED) is 0.597. The zero-order valence-corrected chi connectivity index (χ0v) is 13.6. The third kappa shape index (κ3) is 3.25. The van der Waals surface area contributed by atoms with Crippen molar-refractivity contribution in [1.82, 2.24) is 5.32 Å². The van der Waals surface area contributed by atoms with Crippen LogP contribution < -0.4 is 10.1 Å². The molecule has 0 saturated carbocycles. The molecular formula is C18H19NO3S. The van der Waals surface area contributed by atoms with Crippen molar-refractivity contribution in [3.63, 3.8) is 0 Å². The summed E-state index contributed by atoms with van der Waals surface area (Å²) in [5.41, 5.74) is 0. The van der Waals surface area contributed by atoms with E-state index in [1.165, 1.54) is 10.9 Å². The molecule has 1 atom stereocenters. The lowest BCUT2D eigenvalue weighted by molar-refractivity contribution is 0.201. The maximum Gasteiger partial charge on any atom is 0.165 e. The molecule has 0 unspecified atom stereocenters. The van der Waals surface area contributed by atoms with Crippen molar-refractivity contribution in [1.29, 1.82) is 0 Å². The Morgan fingerprint density at radius 2 is 1.96 bits per heavy atom. The van der Waals surface area contributed by atoms with Gasteiger partial charge in [-0.3, -0.25) is 0 Å². The van der Waals surface area contributed by atoms with Crippen LogP contribution in [-0.2, 0) is 0 Å². The molecule has 0 radical (unpaired) electrons. The lowest BCUT2D eigenvalue weighted by Crippen LogP contribution is -2.15. The lowest BCUT2D eigenvalue weighted by atomic mass is 10.1. The maximum atomic E-state index is 10.0. The summed E-state index contributed by atoms with van der Waals surface area (Å²) in [7, 11) is 1.92. The largest absolute Gasteiger partial charge is 0.504 e. The van der Waals surface area contributed by atoms with Gasteiger partial charge >= 0.3 is 0 Å². The molecule has 0 fully saturated rings. The monoisotopic (exact) mass is 329 g/mol. The van der Waals surface area contributed by atoms with E-state index in [1.54, 1.807) is 23.5 Å². The number of phenolic OH excluding ortho intramolecular Hbond substituents is 2. The number of aromatic hydroxyl groups is 2. The van der Waals surface area contributed by atoms with Gasteiger partial charge in [-0.2, -0.15) is 0 Å². The summed E-state index contributed by atoms with van der Waals surface area (Å²) >= 11 is 1.67. The Morgan fingerprint density at radius 1 is 1.09 bits per heavy atom. The van der Waals surface area contributed by atoms with Gasteiger partial charge in [0.05, 0.1) is 0 Å². The number of hydrogen-bond acceptors (Lipinski definition) is 5. The van der Waals surface area contributed by atoms with Crippen LogP contribution in [0.15, 0.2) is 47.8 Å². The van der Waals surface area contributed by atoms with Crippen molar-refractivity contribution >= 4 is 22.1 Å². The fourth-order valence-electron chi connectivity index (χ4n) is 2.57. The minimum atomic E-state index is -0.125. The van der Waals surface area contributed by atoms with E-state index in [2.05, 4.69) is 11.4 Å². The van der Waals surface area contributed by atoms with Crippen molar-refractivity contribution < 1.29 is 14.9 Å². The molecule has 3 N–H and O–H groups in total. The summed E-state index contributed by atoms with van der Waals surface area (Å²) in [4.78, 5) is 1.17. The average molecular weight is 329 g/mol. The number of ether oxygens (including phenoxy) is 1. The molecular weight excluding hydrogens is 310 g/mol. The van der Waals surface area contributed by atoms with Gasteiger partial charge in [0.1, 0.15) is 11.9 Å². The van der Waals surface area contributed by atoms with E-state index in [4.69, 9.17) is 4.74 Å². The van der Waals surface area contributed by atoms with E-state index < -0.39 is 0 Å². The maximum absolute atomic E-state index is 10.0. The van der Waals surface area contributed by atoms with Gasteiger partial charge in [-0.25, -0.2) is 0 Å². The molecule has 0 amide bonds. The number of phenols is 2. The van der Waals surface area contributed by atoms with Crippen molar-refractivity contribution in [2.45, 2.75) is 12.5 Å². The predicted molar refractivity (Wildman–Crippen MR) is 93.5 cm³/mol. The van der Waals surface area contributed by atoms with Crippen molar-refractivity contribution in [2.24, 2.45) is 0 Å². The van der Waals surface area contributed by atoms with Gasteiger partial charge in [0.25, 0.3) is 0 Å². The van der Waals surface area contributed by atoms with Crippen LogP contribution in [0.25, 0.3) is 10.8 Å². The van der Waals surface area contributed by atoms with Gasteiger partial charge in [-0.05, 0) is 43.2 Å². The first-order valence-corrected chi connectivity index (χ1v) is 8.37. The van der Waals surface area contributed by atoms with E-state index in [1.807, 2.05) is 30.6 Å². The molecule has 0 aliphatic carbocycles. The number of rotatable bonds is 6. The fourth-order valence-corrected chi connectivity index (χ4v) is 3.36. The Kier molecular flexibility index (Phi) is 4.69. The van der Waals surface area contributed by atoms with Crippen LogP contribution in [-0.4, -0.2) is 23.8 Å². The van der Waals surface area contributed by atoms with Crippen molar-refractivity contribution in [3.8, 4) is 17.2 Å². The number of benzene rings is 2. The Bertz CT molecular complexity index is 786. The molecule has 1 aromatic heterocycles. The third-order valence-corrected chi connectivity index (χ3v) is 4.72. The number of fused-ring (bicyclic) bond motifs is 1. The first kappa shape index (κ1) is 15.6. The van der Waals surface area contributed by atoms with E-state index in [0.29, 0.717) is 11.1 Å². The Hall–Kier alpha value is -2.24. The molecule has 0 aliphatic rings. The summed E-state index contributed by atoms with van der Waals surface area (Å²) in [6.07, 6.45) is 0.793. The smallest absolute Gasteiger partial charge is 0.165 e. The first-order chi connectivity index (χ1) is 11.2. The SMILES string of the molecule is CNCC[C@H](Oc1cccc2c(O)c(O)ccc12)c1cccs1. The second-order valence-electron chi connectivity index (χ2n) is 5.30. The van der Waals surface area contributed by atoms with Gasteiger partial charge < -0.3 is 20.3 Å². The lowest BCUT2D eigenvalue weighted by Gasteiger charge is -2.19. The zero-order chi connectivity index (χ0) is 16.2. The molecule has 3 aromatic rings. The summed E-state index contributed by atoms with van der Waals surface area (Å²) in [5, 5.41) is 26.2. The van der Waals surface area contributed by atoms with E-state index in [0.717, 1.165) is 18.4 Å². The van der Waals surface area contributed by atoms with Crippen LogP contribution in [0.2, 0.25) is 0 Å². The highest BCUT2D eigenvalue weighted by Crippen LogP contribution is 2.39. The molecule has 0 aliphatic heterocycles. The average Bonchev–Trinajstić information content (AvgIpc) is 3.09. The van der Waals surface area contributed by atoms with Crippen LogP contribution >= 0.6 is 11.3 Å². The van der Waals surface area contributed by atoms with Gasteiger partial charge in [0.15, 0.2) is 11.5 Å². The van der Waals surface area contributed by atoms with Crippen LogP contribution in [0.3, 0.4) is 0 Å². The molecule has 120 valence electrons. The van der Waals surface area contributed by atoms with Gasteiger partial charge in [0, 0.05) is 22.1 Å². The molecule has 5 heteroatoms. The number of thiophene rings is 1. The third-order valence-electron chi connectivity index (χ3n) is 3.76. The highest BCUT2D eigenvalue weighted by atomic mass is 32.1. The topological polar surface area (TPSA) is 61.7 Å².